The van der Waals surface area contributed by atoms with E-state index in [1.54, 1.807) is 0 Å². The second-order valence-electron chi connectivity index (χ2n) is 8.19. The molecule has 0 aliphatic carbocycles. The van der Waals surface area contributed by atoms with Crippen LogP contribution in [-0.4, -0.2) is 34.9 Å². The molecule has 0 bridgehead atoms. The molecule has 8 nitrogen and oxygen atoms in total. The summed E-state index contributed by atoms with van der Waals surface area (Å²) >= 11 is 0. The first-order valence-electron chi connectivity index (χ1n) is 10.3. The molecule has 1 aromatic heterocycles. The van der Waals surface area contributed by atoms with Crippen LogP contribution in [0.15, 0.2) is 29.1 Å². The number of aromatic nitrogens is 2. The summed E-state index contributed by atoms with van der Waals surface area (Å²) in [5.74, 6) is -1.55. The number of piperidine rings is 1. The number of anilines is 3. The van der Waals surface area contributed by atoms with Gasteiger partial charge >= 0.3 is 6.18 Å². The molecule has 1 fully saturated rings. The number of hydrogen-bond donors (Lipinski definition) is 3. The molecule has 0 unspecified atom stereocenters. The molecule has 1 atom stereocenters. The molecule has 170 valence electrons. The van der Waals surface area contributed by atoms with Gasteiger partial charge in [-0.05, 0) is 37.0 Å². The van der Waals surface area contributed by atoms with Crippen LogP contribution >= 0.6 is 0 Å². The van der Waals surface area contributed by atoms with E-state index >= 15 is 0 Å². The number of rotatable bonds is 3. The topological polar surface area (TPSA) is 107 Å². The summed E-state index contributed by atoms with van der Waals surface area (Å²) in [5.41, 5.74) is -1.58. The average molecular weight is 449 g/mol. The number of fused-ring (bicyclic) bond motifs is 1. The number of nitrogens with zero attached hydrogens (tertiary/aromatic N) is 2. The molecule has 1 aromatic carbocycles. The van der Waals surface area contributed by atoms with Gasteiger partial charge in [0.1, 0.15) is 5.82 Å². The van der Waals surface area contributed by atoms with Crippen molar-refractivity contribution in [3.63, 3.8) is 0 Å². The summed E-state index contributed by atoms with van der Waals surface area (Å²) < 4.78 is 38.9. The predicted molar refractivity (Wildman–Crippen MR) is 112 cm³/mol. The molecule has 3 heterocycles. The van der Waals surface area contributed by atoms with Gasteiger partial charge in [-0.2, -0.15) is 18.2 Å². The average Bonchev–Trinajstić information content (AvgIpc) is 2.73. The Morgan fingerprint density at radius 1 is 1.22 bits per heavy atom. The van der Waals surface area contributed by atoms with Gasteiger partial charge < -0.3 is 15.5 Å². The summed E-state index contributed by atoms with van der Waals surface area (Å²) in [4.78, 5) is 46.9. The summed E-state index contributed by atoms with van der Waals surface area (Å²) in [6, 6.07) is 4.15. The fraction of sp³-hybridized carbons (Fsp3) is 0.429. The maximum Gasteiger partial charge on any atom is 0.416 e. The lowest BCUT2D eigenvalue weighted by Crippen LogP contribution is -2.39. The zero-order valence-electron chi connectivity index (χ0n) is 17.3. The first-order valence-corrected chi connectivity index (χ1v) is 10.3. The van der Waals surface area contributed by atoms with Crippen molar-refractivity contribution < 1.29 is 22.8 Å². The zero-order chi connectivity index (χ0) is 23.0. The Hall–Kier alpha value is -3.37. The SMILES string of the molecule is CC1CCN(c2nc3c(c(=O)[nH]2)[C@@H](C(=O)Nc2cccc(C(F)(F)F)c2)CC(=O)N3)CC1. The third-order valence-electron chi connectivity index (χ3n) is 5.80. The number of halogens is 3. The lowest BCUT2D eigenvalue weighted by molar-refractivity contribution is -0.137. The molecule has 2 aliphatic rings. The number of nitrogens with one attached hydrogen (secondary N) is 3. The van der Waals surface area contributed by atoms with E-state index in [-0.39, 0.29) is 23.5 Å². The van der Waals surface area contributed by atoms with Crippen molar-refractivity contribution in [3.8, 4) is 0 Å². The van der Waals surface area contributed by atoms with Crippen LogP contribution in [0, 0.1) is 5.92 Å². The van der Waals surface area contributed by atoms with E-state index < -0.39 is 35.0 Å². The van der Waals surface area contributed by atoms with Crippen molar-refractivity contribution in [1.82, 2.24) is 9.97 Å². The second kappa shape index (κ2) is 8.29. The Bertz CT molecular complexity index is 1110. The van der Waals surface area contributed by atoms with E-state index in [0.29, 0.717) is 25.0 Å². The molecule has 4 rings (SSSR count). The molecule has 0 spiro atoms. The number of H-pyrrole nitrogens is 1. The number of carbonyl (C=O) groups excluding carboxylic acids is 2. The lowest BCUT2D eigenvalue weighted by Gasteiger charge is -2.31. The molecule has 0 radical (unpaired) electrons. The van der Waals surface area contributed by atoms with Crippen LogP contribution in [0.5, 0.6) is 0 Å². The summed E-state index contributed by atoms with van der Waals surface area (Å²) in [5, 5.41) is 4.93. The van der Waals surface area contributed by atoms with Gasteiger partial charge in [0.15, 0.2) is 0 Å². The van der Waals surface area contributed by atoms with E-state index in [0.717, 1.165) is 25.0 Å². The highest BCUT2D eigenvalue weighted by molar-refractivity contribution is 6.04. The van der Waals surface area contributed by atoms with Crippen LogP contribution in [0.25, 0.3) is 0 Å². The van der Waals surface area contributed by atoms with E-state index in [4.69, 9.17) is 0 Å². The molecule has 2 amide bonds. The highest BCUT2D eigenvalue weighted by atomic mass is 19.4. The van der Waals surface area contributed by atoms with Gasteiger partial charge in [-0.25, -0.2) is 0 Å². The number of alkyl halides is 3. The normalized spacial score (nSPS) is 19.3. The van der Waals surface area contributed by atoms with E-state index in [1.165, 1.54) is 12.1 Å². The van der Waals surface area contributed by atoms with Crippen molar-refractivity contribution in [3.05, 3.63) is 45.7 Å². The predicted octanol–water partition coefficient (Wildman–Crippen LogP) is 3.09. The number of hydrogen-bond acceptors (Lipinski definition) is 5. The van der Waals surface area contributed by atoms with Gasteiger partial charge in [0.25, 0.3) is 5.56 Å². The lowest BCUT2D eigenvalue weighted by atomic mass is 9.92. The molecular formula is C21H22F3N5O3. The highest BCUT2D eigenvalue weighted by Crippen LogP contribution is 2.33. The summed E-state index contributed by atoms with van der Waals surface area (Å²) in [6.07, 6.45) is -3.00. The van der Waals surface area contributed by atoms with Crippen molar-refractivity contribution in [1.29, 1.82) is 0 Å². The molecule has 2 aromatic rings. The minimum atomic E-state index is -4.57. The van der Waals surface area contributed by atoms with Crippen LogP contribution in [0.1, 0.15) is 43.2 Å². The largest absolute Gasteiger partial charge is 0.416 e. The van der Waals surface area contributed by atoms with Crippen LogP contribution in [0.3, 0.4) is 0 Å². The van der Waals surface area contributed by atoms with Crippen molar-refractivity contribution in [2.45, 2.75) is 38.3 Å². The third kappa shape index (κ3) is 4.46. The number of aromatic amines is 1. The Kier molecular flexibility index (Phi) is 5.66. The smallest absolute Gasteiger partial charge is 0.342 e. The quantitative estimate of drug-likeness (QED) is 0.668. The van der Waals surface area contributed by atoms with Crippen molar-refractivity contribution in [2.24, 2.45) is 5.92 Å². The van der Waals surface area contributed by atoms with Crippen LogP contribution in [0.4, 0.5) is 30.6 Å². The number of carbonyl (C=O) groups is 2. The first kappa shape index (κ1) is 21.8. The minimum Gasteiger partial charge on any atom is -0.342 e. The number of amides is 2. The molecule has 11 heteroatoms. The Morgan fingerprint density at radius 3 is 2.62 bits per heavy atom. The summed E-state index contributed by atoms with van der Waals surface area (Å²) in [6.45, 7) is 3.56. The maximum atomic E-state index is 13.0. The second-order valence-corrected chi connectivity index (χ2v) is 8.19. The monoisotopic (exact) mass is 449 g/mol. The molecule has 32 heavy (non-hydrogen) atoms. The Morgan fingerprint density at radius 2 is 1.94 bits per heavy atom. The zero-order valence-corrected chi connectivity index (χ0v) is 17.3. The van der Waals surface area contributed by atoms with E-state index in [1.807, 2.05) is 4.90 Å². The fourth-order valence-electron chi connectivity index (χ4n) is 3.96. The van der Waals surface area contributed by atoms with Crippen molar-refractivity contribution >= 4 is 29.3 Å². The molecular weight excluding hydrogens is 427 g/mol. The highest BCUT2D eigenvalue weighted by Gasteiger charge is 2.36. The van der Waals surface area contributed by atoms with E-state index in [2.05, 4.69) is 27.5 Å². The van der Waals surface area contributed by atoms with Crippen LogP contribution in [0.2, 0.25) is 0 Å². The third-order valence-corrected chi connectivity index (χ3v) is 5.80. The van der Waals surface area contributed by atoms with Gasteiger partial charge in [-0.15, -0.1) is 0 Å². The summed E-state index contributed by atoms with van der Waals surface area (Å²) in [7, 11) is 0. The van der Waals surface area contributed by atoms with Crippen LogP contribution in [-0.2, 0) is 15.8 Å². The van der Waals surface area contributed by atoms with Gasteiger partial charge in [-0.3, -0.25) is 19.4 Å². The molecule has 2 aliphatic heterocycles. The minimum absolute atomic E-state index is 0.00261. The van der Waals surface area contributed by atoms with Gasteiger partial charge in [0.2, 0.25) is 17.8 Å². The van der Waals surface area contributed by atoms with Crippen LogP contribution < -0.4 is 21.1 Å². The standard InChI is InChI=1S/C21H22F3N5O3/c1-11-5-7-29(8-6-11)20-27-17-16(19(32)28-20)14(10-15(30)26-17)18(31)25-13-4-2-3-12(9-13)21(22,23)24/h2-4,9,11,14H,5-8,10H2,1H3,(H,25,31)(H2,26,27,28,30,32)/t14-/m0/s1. The molecule has 1 saturated heterocycles. The molecule has 0 saturated carbocycles. The Labute approximate surface area is 181 Å². The fourth-order valence-corrected chi connectivity index (χ4v) is 3.96. The van der Waals surface area contributed by atoms with Gasteiger partial charge in [-0.1, -0.05) is 13.0 Å². The van der Waals surface area contributed by atoms with E-state index in [9.17, 15) is 27.6 Å². The first-order chi connectivity index (χ1) is 15.1. The van der Waals surface area contributed by atoms with Gasteiger partial charge in [0.05, 0.1) is 17.0 Å². The van der Waals surface area contributed by atoms with Gasteiger partial charge in [0, 0.05) is 25.2 Å². The van der Waals surface area contributed by atoms with Crippen molar-refractivity contribution in [2.75, 3.05) is 28.6 Å². The number of benzene rings is 1. The molecule has 3 N–H and O–H groups in total. The maximum absolute atomic E-state index is 13.0. The Balaban J connectivity index is 1.61.